The van der Waals surface area contributed by atoms with E-state index in [4.69, 9.17) is 0 Å². The molecule has 0 bridgehead atoms. The maximum absolute atomic E-state index is 12.2. The first-order valence-corrected chi connectivity index (χ1v) is 2.28. The second-order valence-electron chi connectivity index (χ2n) is 1.38. The molecular formula is C3H7FN4O2. The Morgan fingerprint density at radius 1 is 1.20 bits per heavy atom. The number of hydrazine groups is 2. The van der Waals surface area contributed by atoms with Gasteiger partial charge in [0, 0.05) is 0 Å². The van der Waals surface area contributed by atoms with Crippen LogP contribution >= 0.6 is 0 Å². The van der Waals surface area contributed by atoms with Gasteiger partial charge in [-0.1, -0.05) is 0 Å². The van der Waals surface area contributed by atoms with Crippen molar-refractivity contribution in [2.45, 2.75) is 6.17 Å². The highest BCUT2D eigenvalue weighted by Gasteiger charge is 2.23. The van der Waals surface area contributed by atoms with E-state index in [1.54, 1.807) is 0 Å². The maximum Gasteiger partial charge on any atom is 0.278 e. The lowest BCUT2D eigenvalue weighted by molar-refractivity contribution is -0.136. The highest BCUT2D eigenvalue weighted by Crippen LogP contribution is 1.87. The minimum Gasteiger partial charge on any atom is -0.291 e. The number of alkyl halides is 1. The smallest absolute Gasteiger partial charge is 0.278 e. The van der Waals surface area contributed by atoms with Crippen LogP contribution in [0.15, 0.2) is 0 Å². The van der Waals surface area contributed by atoms with Crippen LogP contribution in [0.1, 0.15) is 0 Å². The second-order valence-corrected chi connectivity index (χ2v) is 1.38. The predicted octanol–water partition coefficient (Wildman–Crippen LogP) is -2.70. The zero-order valence-corrected chi connectivity index (χ0v) is 4.93. The Kier molecular flexibility index (Phi) is 3.29. The lowest BCUT2D eigenvalue weighted by atomic mass is 10.3. The molecule has 0 saturated heterocycles. The molecule has 0 fully saturated rings. The van der Waals surface area contributed by atoms with E-state index in [0.717, 1.165) is 0 Å². The second kappa shape index (κ2) is 3.75. The molecule has 0 saturated carbocycles. The third kappa shape index (κ3) is 1.96. The Bertz CT molecular complexity index is 133. The van der Waals surface area contributed by atoms with Crippen LogP contribution in [0.2, 0.25) is 0 Å². The molecular weight excluding hydrogens is 143 g/mol. The Balaban J connectivity index is 3.94. The van der Waals surface area contributed by atoms with Crippen molar-refractivity contribution in [2.24, 2.45) is 11.7 Å². The molecule has 0 aromatic rings. The maximum atomic E-state index is 12.2. The van der Waals surface area contributed by atoms with E-state index in [0.29, 0.717) is 0 Å². The SMILES string of the molecule is NNC(=O)C(F)C(=O)NN. The van der Waals surface area contributed by atoms with Crippen molar-refractivity contribution in [3.63, 3.8) is 0 Å². The molecule has 10 heavy (non-hydrogen) atoms. The molecule has 0 aliphatic rings. The minimum atomic E-state index is -2.35. The Hall–Kier alpha value is -1.21. The predicted molar refractivity (Wildman–Crippen MR) is 29.6 cm³/mol. The number of rotatable bonds is 2. The van der Waals surface area contributed by atoms with Crippen molar-refractivity contribution in [3.8, 4) is 0 Å². The normalized spacial score (nSPS) is 9.20. The van der Waals surface area contributed by atoms with Crippen LogP contribution in [-0.4, -0.2) is 18.0 Å². The summed E-state index contributed by atoms with van der Waals surface area (Å²) in [5.41, 5.74) is 2.90. The van der Waals surface area contributed by atoms with Crippen molar-refractivity contribution >= 4 is 11.8 Å². The third-order valence-corrected chi connectivity index (χ3v) is 0.745. The molecule has 0 rings (SSSR count). The van der Waals surface area contributed by atoms with Crippen LogP contribution in [-0.2, 0) is 9.59 Å². The van der Waals surface area contributed by atoms with E-state index in [9.17, 15) is 14.0 Å². The van der Waals surface area contributed by atoms with Crippen LogP contribution in [0.3, 0.4) is 0 Å². The number of halogens is 1. The fourth-order valence-electron chi connectivity index (χ4n) is 0.265. The van der Waals surface area contributed by atoms with Crippen molar-refractivity contribution in [1.82, 2.24) is 10.9 Å². The van der Waals surface area contributed by atoms with E-state index in [2.05, 4.69) is 11.7 Å². The van der Waals surface area contributed by atoms with Crippen molar-refractivity contribution in [3.05, 3.63) is 0 Å². The zero-order chi connectivity index (χ0) is 8.15. The molecule has 0 aliphatic carbocycles. The van der Waals surface area contributed by atoms with Gasteiger partial charge in [-0.15, -0.1) is 0 Å². The van der Waals surface area contributed by atoms with E-state index in [1.165, 1.54) is 10.9 Å². The van der Waals surface area contributed by atoms with Gasteiger partial charge in [0.05, 0.1) is 0 Å². The molecule has 0 radical (unpaired) electrons. The number of nitrogens with one attached hydrogen (secondary N) is 2. The van der Waals surface area contributed by atoms with E-state index < -0.39 is 18.0 Å². The summed E-state index contributed by atoms with van der Waals surface area (Å²) >= 11 is 0. The lowest BCUT2D eigenvalue weighted by Crippen LogP contribution is -2.47. The Morgan fingerprint density at radius 2 is 1.50 bits per heavy atom. The lowest BCUT2D eigenvalue weighted by Gasteiger charge is -2.02. The van der Waals surface area contributed by atoms with Gasteiger partial charge in [-0.25, -0.2) is 16.1 Å². The fourth-order valence-corrected chi connectivity index (χ4v) is 0.265. The quantitative estimate of drug-likeness (QED) is 0.148. The summed E-state index contributed by atoms with van der Waals surface area (Å²) in [7, 11) is 0. The van der Waals surface area contributed by atoms with E-state index in [-0.39, 0.29) is 0 Å². The summed E-state index contributed by atoms with van der Waals surface area (Å²) in [4.78, 5) is 20.4. The summed E-state index contributed by atoms with van der Waals surface area (Å²) in [6.07, 6.45) is -2.35. The topological polar surface area (TPSA) is 110 Å². The van der Waals surface area contributed by atoms with Gasteiger partial charge >= 0.3 is 0 Å². The van der Waals surface area contributed by atoms with Crippen LogP contribution in [0.4, 0.5) is 4.39 Å². The summed E-state index contributed by atoms with van der Waals surface area (Å²) < 4.78 is 12.2. The van der Waals surface area contributed by atoms with Gasteiger partial charge in [-0.2, -0.15) is 0 Å². The summed E-state index contributed by atoms with van der Waals surface area (Å²) in [5.74, 6) is 6.54. The third-order valence-electron chi connectivity index (χ3n) is 0.745. The van der Waals surface area contributed by atoms with Crippen molar-refractivity contribution in [1.29, 1.82) is 0 Å². The summed E-state index contributed by atoms with van der Waals surface area (Å²) in [6, 6.07) is 0. The molecule has 6 nitrogen and oxygen atoms in total. The largest absolute Gasteiger partial charge is 0.291 e. The number of hydrogen-bond donors (Lipinski definition) is 4. The molecule has 6 N–H and O–H groups in total. The molecule has 58 valence electrons. The average molecular weight is 150 g/mol. The Labute approximate surface area is 55.7 Å². The van der Waals surface area contributed by atoms with E-state index >= 15 is 0 Å². The molecule has 0 spiro atoms. The Morgan fingerprint density at radius 3 is 1.70 bits per heavy atom. The van der Waals surface area contributed by atoms with Gasteiger partial charge in [0.2, 0.25) is 0 Å². The first-order chi connectivity index (χ1) is 4.63. The highest BCUT2D eigenvalue weighted by atomic mass is 19.1. The molecule has 2 amide bonds. The number of carbonyl (C=O) groups excluding carboxylic acids is 2. The number of carbonyl (C=O) groups is 2. The van der Waals surface area contributed by atoms with Crippen molar-refractivity contribution < 1.29 is 14.0 Å². The number of amides is 2. The van der Waals surface area contributed by atoms with Crippen LogP contribution in [0.25, 0.3) is 0 Å². The zero-order valence-electron chi connectivity index (χ0n) is 4.93. The van der Waals surface area contributed by atoms with Gasteiger partial charge in [0.25, 0.3) is 18.0 Å². The van der Waals surface area contributed by atoms with E-state index in [1.807, 2.05) is 0 Å². The highest BCUT2D eigenvalue weighted by molar-refractivity contribution is 6.02. The van der Waals surface area contributed by atoms with Crippen LogP contribution < -0.4 is 22.5 Å². The summed E-state index contributed by atoms with van der Waals surface area (Å²) in [6.45, 7) is 0. The standard InChI is InChI=1S/C3H7FN4O2/c4-1(2(9)7-5)3(10)8-6/h1H,5-6H2,(H,7,9)(H,8,10). The molecule has 7 heteroatoms. The van der Waals surface area contributed by atoms with Gasteiger partial charge in [-0.05, 0) is 0 Å². The number of hydrogen-bond acceptors (Lipinski definition) is 4. The molecule has 0 unspecified atom stereocenters. The summed E-state index contributed by atoms with van der Waals surface area (Å²) in [5, 5.41) is 0. The first-order valence-electron chi connectivity index (χ1n) is 2.28. The molecule has 0 heterocycles. The first kappa shape index (κ1) is 8.79. The van der Waals surface area contributed by atoms with Crippen molar-refractivity contribution in [2.75, 3.05) is 0 Å². The average Bonchev–Trinajstić information content (AvgIpc) is 2.00. The fraction of sp³-hybridized carbons (Fsp3) is 0.333. The molecule has 0 aromatic carbocycles. The number of nitrogens with two attached hydrogens (primary N) is 2. The van der Waals surface area contributed by atoms with Gasteiger partial charge in [0.1, 0.15) is 0 Å². The van der Waals surface area contributed by atoms with Gasteiger partial charge < -0.3 is 0 Å². The monoisotopic (exact) mass is 150 g/mol. The molecule has 0 atom stereocenters. The van der Waals surface area contributed by atoms with Crippen LogP contribution in [0, 0.1) is 0 Å². The minimum absolute atomic E-state index is 1.23. The van der Waals surface area contributed by atoms with Gasteiger partial charge in [0.15, 0.2) is 0 Å². The molecule has 0 aliphatic heterocycles. The van der Waals surface area contributed by atoms with Crippen LogP contribution in [0.5, 0.6) is 0 Å². The van der Waals surface area contributed by atoms with Gasteiger partial charge in [-0.3, -0.25) is 20.4 Å². The molecule has 0 aromatic heterocycles.